The van der Waals surface area contributed by atoms with Gasteiger partial charge in [-0.05, 0) is 25.7 Å². The first-order valence-corrected chi connectivity index (χ1v) is 6.45. The molecule has 92 valence electrons. The van der Waals surface area contributed by atoms with Crippen LogP contribution in [0, 0.1) is 5.92 Å². The van der Waals surface area contributed by atoms with Crippen molar-refractivity contribution in [2.24, 2.45) is 11.8 Å². The topological polar surface area (TPSA) is 55.6 Å². The number of likely N-dealkylation sites (tertiary alicyclic amines) is 1. The summed E-state index contributed by atoms with van der Waals surface area (Å²) >= 11 is 0. The predicted octanol–water partition coefficient (Wildman–Crippen LogP) is 1.45. The Labute approximate surface area is 97.1 Å². The fraction of sp³-hybridized carbons (Fsp3) is 0.917. The highest BCUT2D eigenvalue weighted by atomic mass is 16.6. The standard InChI is InChI=1S/C12H22N2O2/c13-16-9-11-7-4-8-14(11)12(15)10-5-2-1-3-6-10/h10-11H,1-9,13H2. The van der Waals surface area contributed by atoms with Gasteiger partial charge in [0.25, 0.3) is 0 Å². The minimum Gasteiger partial charge on any atom is -0.337 e. The molecular formula is C12H22N2O2. The zero-order valence-electron chi connectivity index (χ0n) is 9.86. The van der Waals surface area contributed by atoms with Gasteiger partial charge in [-0.1, -0.05) is 19.3 Å². The van der Waals surface area contributed by atoms with E-state index in [1.165, 1.54) is 19.3 Å². The van der Waals surface area contributed by atoms with Crippen molar-refractivity contribution >= 4 is 5.91 Å². The Bertz CT molecular complexity index is 239. The third-order valence-corrected chi connectivity index (χ3v) is 3.90. The highest BCUT2D eigenvalue weighted by molar-refractivity contribution is 5.79. The number of carbonyl (C=O) groups excluding carboxylic acids is 1. The highest BCUT2D eigenvalue weighted by Crippen LogP contribution is 2.28. The zero-order chi connectivity index (χ0) is 11.4. The van der Waals surface area contributed by atoms with Crippen LogP contribution < -0.4 is 5.90 Å². The van der Waals surface area contributed by atoms with Crippen molar-refractivity contribution in [1.82, 2.24) is 4.90 Å². The minimum atomic E-state index is 0.222. The van der Waals surface area contributed by atoms with Crippen LogP contribution in [-0.4, -0.2) is 30.0 Å². The lowest BCUT2D eigenvalue weighted by Gasteiger charge is -2.30. The molecule has 0 aromatic carbocycles. The van der Waals surface area contributed by atoms with Gasteiger partial charge in [0.1, 0.15) is 0 Å². The summed E-state index contributed by atoms with van der Waals surface area (Å²) in [5, 5.41) is 0. The number of hydrogen-bond donors (Lipinski definition) is 1. The second-order valence-corrected chi connectivity index (χ2v) is 5.00. The normalized spacial score (nSPS) is 27.3. The Morgan fingerprint density at radius 1 is 1.19 bits per heavy atom. The molecule has 2 rings (SSSR count). The minimum absolute atomic E-state index is 0.222. The second-order valence-electron chi connectivity index (χ2n) is 5.00. The van der Waals surface area contributed by atoms with Crippen LogP contribution in [0.5, 0.6) is 0 Å². The number of amides is 1. The molecule has 1 heterocycles. The van der Waals surface area contributed by atoms with E-state index in [2.05, 4.69) is 0 Å². The lowest BCUT2D eigenvalue weighted by atomic mass is 9.88. The number of hydrogen-bond acceptors (Lipinski definition) is 3. The van der Waals surface area contributed by atoms with E-state index >= 15 is 0 Å². The Hall–Kier alpha value is -0.610. The van der Waals surface area contributed by atoms with E-state index in [1.54, 1.807) is 0 Å². The molecule has 1 unspecified atom stereocenters. The molecule has 4 heteroatoms. The summed E-state index contributed by atoms with van der Waals surface area (Å²) < 4.78 is 0. The van der Waals surface area contributed by atoms with Crippen LogP contribution in [0.15, 0.2) is 0 Å². The van der Waals surface area contributed by atoms with Crippen molar-refractivity contribution < 1.29 is 9.63 Å². The van der Waals surface area contributed by atoms with Crippen LogP contribution >= 0.6 is 0 Å². The van der Waals surface area contributed by atoms with Gasteiger partial charge >= 0.3 is 0 Å². The van der Waals surface area contributed by atoms with Crippen LogP contribution in [0.1, 0.15) is 44.9 Å². The number of carbonyl (C=O) groups is 1. The van der Waals surface area contributed by atoms with Gasteiger partial charge in [0.2, 0.25) is 5.91 Å². The summed E-state index contributed by atoms with van der Waals surface area (Å²) in [5.74, 6) is 5.73. The largest absolute Gasteiger partial charge is 0.337 e. The van der Waals surface area contributed by atoms with Crippen LogP contribution in [-0.2, 0) is 9.63 Å². The second kappa shape index (κ2) is 5.64. The maximum Gasteiger partial charge on any atom is 0.226 e. The summed E-state index contributed by atoms with van der Waals surface area (Å²) in [6, 6.07) is 0.222. The van der Waals surface area contributed by atoms with E-state index in [1.807, 2.05) is 4.90 Å². The number of rotatable bonds is 3. The molecule has 0 radical (unpaired) electrons. The SMILES string of the molecule is NOCC1CCCN1C(=O)C1CCCCC1. The van der Waals surface area contributed by atoms with Gasteiger partial charge in [-0.25, -0.2) is 5.90 Å². The Morgan fingerprint density at radius 2 is 1.94 bits per heavy atom. The van der Waals surface area contributed by atoms with Crippen molar-refractivity contribution in [3.05, 3.63) is 0 Å². The van der Waals surface area contributed by atoms with Crippen molar-refractivity contribution in [2.75, 3.05) is 13.2 Å². The molecular weight excluding hydrogens is 204 g/mol. The van der Waals surface area contributed by atoms with E-state index in [0.717, 1.165) is 32.2 Å². The Morgan fingerprint density at radius 3 is 2.62 bits per heavy atom. The van der Waals surface area contributed by atoms with Crippen molar-refractivity contribution in [3.8, 4) is 0 Å². The first-order chi connectivity index (χ1) is 7.83. The van der Waals surface area contributed by atoms with E-state index < -0.39 is 0 Å². The van der Waals surface area contributed by atoms with Gasteiger partial charge in [-0.2, -0.15) is 0 Å². The summed E-state index contributed by atoms with van der Waals surface area (Å²) in [6.45, 7) is 1.38. The maximum atomic E-state index is 12.3. The molecule has 0 spiro atoms. The zero-order valence-corrected chi connectivity index (χ0v) is 9.86. The van der Waals surface area contributed by atoms with Crippen molar-refractivity contribution in [1.29, 1.82) is 0 Å². The first-order valence-electron chi connectivity index (χ1n) is 6.45. The molecule has 1 saturated carbocycles. The third-order valence-electron chi connectivity index (χ3n) is 3.90. The van der Waals surface area contributed by atoms with Gasteiger partial charge in [0.05, 0.1) is 12.6 Å². The van der Waals surface area contributed by atoms with E-state index in [-0.39, 0.29) is 12.0 Å². The van der Waals surface area contributed by atoms with Gasteiger partial charge in [-0.15, -0.1) is 0 Å². The summed E-state index contributed by atoms with van der Waals surface area (Å²) in [7, 11) is 0. The Balaban J connectivity index is 1.91. The van der Waals surface area contributed by atoms with Gasteiger partial charge in [0.15, 0.2) is 0 Å². The van der Waals surface area contributed by atoms with Gasteiger partial charge in [-0.3, -0.25) is 4.79 Å². The molecule has 0 aromatic heterocycles. The van der Waals surface area contributed by atoms with Crippen LogP contribution in [0.2, 0.25) is 0 Å². The molecule has 1 atom stereocenters. The molecule has 2 aliphatic rings. The summed E-state index contributed by atoms with van der Waals surface area (Å²) in [6.07, 6.45) is 7.99. The van der Waals surface area contributed by atoms with Gasteiger partial charge < -0.3 is 9.74 Å². The smallest absolute Gasteiger partial charge is 0.226 e. The van der Waals surface area contributed by atoms with E-state index in [9.17, 15) is 4.79 Å². The summed E-state index contributed by atoms with van der Waals surface area (Å²) in [5.41, 5.74) is 0. The fourth-order valence-electron chi connectivity index (χ4n) is 2.99. The predicted molar refractivity (Wildman–Crippen MR) is 61.4 cm³/mol. The average Bonchev–Trinajstić information content (AvgIpc) is 2.78. The maximum absolute atomic E-state index is 12.3. The highest BCUT2D eigenvalue weighted by Gasteiger charge is 2.33. The van der Waals surface area contributed by atoms with Crippen LogP contribution in [0.4, 0.5) is 0 Å². The average molecular weight is 226 g/mol. The monoisotopic (exact) mass is 226 g/mol. The van der Waals surface area contributed by atoms with Crippen molar-refractivity contribution in [3.63, 3.8) is 0 Å². The number of nitrogens with two attached hydrogens (primary N) is 1. The fourth-order valence-corrected chi connectivity index (χ4v) is 2.99. The van der Waals surface area contributed by atoms with E-state index in [0.29, 0.717) is 12.5 Å². The lowest BCUT2D eigenvalue weighted by molar-refractivity contribution is -0.138. The van der Waals surface area contributed by atoms with E-state index in [4.69, 9.17) is 10.7 Å². The summed E-state index contributed by atoms with van der Waals surface area (Å²) in [4.78, 5) is 19.0. The number of nitrogens with zero attached hydrogens (tertiary/aromatic N) is 1. The molecule has 1 amide bonds. The molecule has 4 nitrogen and oxygen atoms in total. The molecule has 2 fully saturated rings. The molecule has 1 aliphatic carbocycles. The molecule has 0 aromatic rings. The Kier molecular flexibility index (Phi) is 4.18. The van der Waals surface area contributed by atoms with Crippen molar-refractivity contribution in [2.45, 2.75) is 51.0 Å². The van der Waals surface area contributed by atoms with Crippen LogP contribution in [0.25, 0.3) is 0 Å². The molecule has 1 aliphatic heterocycles. The third kappa shape index (κ3) is 2.55. The molecule has 0 bridgehead atoms. The molecule has 2 N–H and O–H groups in total. The quantitative estimate of drug-likeness (QED) is 0.741. The van der Waals surface area contributed by atoms with Gasteiger partial charge in [0, 0.05) is 12.5 Å². The van der Waals surface area contributed by atoms with Crippen LogP contribution in [0.3, 0.4) is 0 Å². The molecule has 1 saturated heterocycles. The lowest BCUT2D eigenvalue weighted by Crippen LogP contribution is -2.42. The first kappa shape index (κ1) is 11.9. The molecule has 16 heavy (non-hydrogen) atoms.